The molecule has 4 nitrogen and oxygen atoms in total. The molecule has 0 aromatic rings. The normalized spacial score (nSPS) is 24.6. The van der Waals surface area contributed by atoms with Gasteiger partial charge in [-0.2, -0.15) is 0 Å². The number of ketones is 1. The van der Waals surface area contributed by atoms with Crippen molar-refractivity contribution in [3.05, 3.63) is 12.2 Å². The quantitative estimate of drug-likeness (QED) is 0.369. The second-order valence-electron chi connectivity index (χ2n) is 13.7. The van der Waals surface area contributed by atoms with E-state index in [1.165, 1.54) is 0 Å². The van der Waals surface area contributed by atoms with Crippen LogP contribution in [0.25, 0.3) is 0 Å². The van der Waals surface area contributed by atoms with Gasteiger partial charge in [-0.05, 0) is 60.5 Å². The maximum absolute atomic E-state index is 13.2. The van der Waals surface area contributed by atoms with Gasteiger partial charge < -0.3 is 13.3 Å². The Kier molecular flexibility index (Phi) is 8.36. The Morgan fingerprint density at radius 1 is 0.645 bits per heavy atom. The molecule has 7 heteroatoms. The second-order valence-corrected chi connectivity index (χ2v) is 28.0. The van der Waals surface area contributed by atoms with Crippen molar-refractivity contribution < 1.29 is 18.1 Å². The van der Waals surface area contributed by atoms with Gasteiger partial charge in [0.05, 0.1) is 6.10 Å². The summed E-state index contributed by atoms with van der Waals surface area (Å²) in [4.78, 5) is 13.2. The van der Waals surface area contributed by atoms with Crippen LogP contribution in [0.4, 0.5) is 0 Å². The van der Waals surface area contributed by atoms with Gasteiger partial charge >= 0.3 is 0 Å². The molecule has 182 valence electrons. The lowest BCUT2D eigenvalue weighted by Gasteiger charge is -2.49. The molecule has 0 saturated carbocycles. The molecule has 1 rings (SSSR count). The predicted molar refractivity (Wildman–Crippen MR) is 140 cm³/mol. The van der Waals surface area contributed by atoms with Crippen LogP contribution in [0, 0.1) is 0 Å². The van der Waals surface area contributed by atoms with E-state index in [0.29, 0.717) is 0 Å². The summed E-state index contributed by atoms with van der Waals surface area (Å²) in [5.74, 6) is 0.00335. The molecular formula is C24H50O4Si3. The molecule has 0 aromatic heterocycles. The lowest BCUT2D eigenvalue weighted by molar-refractivity contribution is -0.130. The highest BCUT2D eigenvalue weighted by molar-refractivity contribution is 6.75. The van der Waals surface area contributed by atoms with E-state index >= 15 is 0 Å². The van der Waals surface area contributed by atoms with Crippen molar-refractivity contribution in [2.75, 3.05) is 0 Å². The molecule has 0 unspecified atom stereocenters. The topological polar surface area (TPSA) is 44.8 Å². The fourth-order valence-corrected chi connectivity index (χ4v) is 6.39. The fraction of sp³-hybridized carbons (Fsp3) is 0.875. The van der Waals surface area contributed by atoms with Crippen LogP contribution in [0.5, 0.6) is 0 Å². The summed E-state index contributed by atoms with van der Waals surface area (Å²) in [5.41, 5.74) is 0. The standard InChI is InChI=1S/C24H50O4Si3/c1-22(2,3)29(10,11)26-19-17-16-18(25)20(27-30(12,13)23(4,5)6)21(19)28-31(14,15)24(7,8)9/h16-17,19-21H,1-15H3/t19-,20+,21+/m1/s1. The van der Waals surface area contributed by atoms with Crippen LogP contribution >= 0.6 is 0 Å². The lowest BCUT2D eigenvalue weighted by Crippen LogP contribution is -2.60. The fourth-order valence-electron chi connectivity index (χ4n) is 2.62. The first-order valence-electron chi connectivity index (χ1n) is 11.7. The highest BCUT2D eigenvalue weighted by Gasteiger charge is 2.51. The van der Waals surface area contributed by atoms with Crippen LogP contribution in [0.1, 0.15) is 62.3 Å². The maximum Gasteiger partial charge on any atom is 0.193 e. The molecule has 3 atom stereocenters. The third-order valence-corrected chi connectivity index (χ3v) is 21.5. The van der Waals surface area contributed by atoms with Crippen LogP contribution in [-0.2, 0) is 18.1 Å². The molecule has 0 fully saturated rings. The smallest absolute Gasteiger partial charge is 0.193 e. The Morgan fingerprint density at radius 3 is 1.39 bits per heavy atom. The van der Waals surface area contributed by atoms with Gasteiger partial charge in [0.25, 0.3) is 0 Å². The summed E-state index contributed by atoms with van der Waals surface area (Å²) in [5, 5.41) is 0.103. The molecular weight excluding hydrogens is 437 g/mol. The highest BCUT2D eigenvalue weighted by Crippen LogP contribution is 2.44. The molecule has 0 N–H and O–H groups in total. The van der Waals surface area contributed by atoms with E-state index in [-0.39, 0.29) is 27.0 Å². The monoisotopic (exact) mass is 486 g/mol. The molecule has 0 aliphatic heterocycles. The minimum Gasteiger partial charge on any atom is -0.408 e. The summed E-state index contributed by atoms with van der Waals surface area (Å²) in [7, 11) is -6.42. The van der Waals surface area contributed by atoms with E-state index in [0.717, 1.165) is 0 Å². The van der Waals surface area contributed by atoms with Gasteiger partial charge in [-0.15, -0.1) is 0 Å². The molecule has 1 aliphatic rings. The minimum atomic E-state index is -2.19. The van der Waals surface area contributed by atoms with E-state index in [9.17, 15) is 4.79 Å². The van der Waals surface area contributed by atoms with Gasteiger partial charge in [0, 0.05) is 0 Å². The molecule has 0 heterocycles. The van der Waals surface area contributed by atoms with Crippen molar-refractivity contribution in [3.63, 3.8) is 0 Å². The van der Waals surface area contributed by atoms with Crippen molar-refractivity contribution in [3.8, 4) is 0 Å². The van der Waals surface area contributed by atoms with E-state index < -0.39 is 37.2 Å². The van der Waals surface area contributed by atoms with E-state index in [1.54, 1.807) is 6.08 Å². The van der Waals surface area contributed by atoms with Crippen LogP contribution in [0.3, 0.4) is 0 Å². The van der Waals surface area contributed by atoms with Crippen LogP contribution in [0.2, 0.25) is 54.4 Å². The van der Waals surface area contributed by atoms with E-state index in [1.807, 2.05) is 6.08 Å². The molecule has 1 aliphatic carbocycles. The molecule has 31 heavy (non-hydrogen) atoms. The van der Waals surface area contributed by atoms with Crippen molar-refractivity contribution in [1.29, 1.82) is 0 Å². The molecule has 0 saturated heterocycles. The Labute approximate surface area is 195 Å². The SMILES string of the molecule is CC(C)(C)[Si](C)(C)O[C@H]1[C@H](O[Si](C)(C)C(C)(C)C)C=CC(=O)[C@@H]1O[Si](C)(C)C(C)(C)C. The van der Waals surface area contributed by atoms with E-state index in [2.05, 4.69) is 102 Å². The molecule has 0 amide bonds. The van der Waals surface area contributed by atoms with Gasteiger partial charge in [0.2, 0.25) is 0 Å². The summed E-state index contributed by atoms with van der Waals surface area (Å²) in [6.45, 7) is 33.4. The van der Waals surface area contributed by atoms with Gasteiger partial charge in [-0.25, -0.2) is 0 Å². The Hall–Kier alpha value is -0.0594. The maximum atomic E-state index is 13.2. The second kappa shape index (κ2) is 8.95. The molecule has 0 radical (unpaired) electrons. The Morgan fingerprint density at radius 2 is 1.00 bits per heavy atom. The zero-order chi connectivity index (χ0) is 24.8. The summed E-state index contributed by atoms with van der Waals surface area (Å²) in [6, 6.07) is 0. The Bertz CT molecular complexity index is 676. The average molecular weight is 487 g/mol. The number of hydrogen-bond donors (Lipinski definition) is 0. The lowest BCUT2D eigenvalue weighted by atomic mass is 9.98. The number of carbonyl (C=O) groups excluding carboxylic acids is 1. The highest BCUT2D eigenvalue weighted by atomic mass is 28.4. The zero-order valence-electron chi connectivity index (χ0n) is 23.0. The van der Waals surface area contributed by atoms with Gasteiger partial charge in [-0.3, -0.25) is 4.79 Å². The van der Waals surface area contributed by atoms with Crippen LogP contribution in [0.15, 0.2) is 12.2 Å². The van der Waals surface area contributed by atoms with Gasteiger partial charge in [-0.1, -0.05) is 68.4 Å². The molecule has 0 spiro atoms. The van der Waals surface area contributed by atoms with Crippen molar-refractivity contribution >= 4 is 30.7 Å². The van der Waals surface area contributed by atoms with Gasteiger partial charge in [0.15, 0.2) is 30.7 Å². The van der Waals surface area contributed by atoms with Gasteiger partial charge in [0.1, 0.15) is 12.2 Å². The van der Waals surface area contributed by atoms with Crippen molar-refractivity contribution in [2.24, 2.45) is 0 Å². The third kappa shape index (κ3) is 6.73. The van der Waals surface area contributed by atoms with Crippen LogP contribution in [-0.4, -0.2) is 49.0 Å². The minimum absolute atomic E-state index is 0.00335. The van der Waals surface area contributed by atoms with Crippen molar-refractivity contribution in [1.82, 2.24) is 0 Å². The largest absolute Gasteiger partial charge is 0.408 e. The van der Waals surface area contributed by atoms with E-state index in [4.69, 9.17) is 13.3 Å². The summed E-state index contributed by atoms with van der Waals surface area (Å²) < 4.78 is 20.5. The molecule has 0 aromatic carbocycles. The average Bonchev–Trinajstić information content (AvgIpc) is 2.49. The first-order chi connectivity index (χ1) is 13.4. The van der Waals surface area contributed by atoms with Crippen molar-refractivity contribution in [2.45, 2.75) is 135 Å². The Balaban J connectivity index is 3.46. The predicted octanol–water partition coefficient (Wildman–Crippen LogP) is 7.30. The zero-order valence-corrected chi connectivity index (χ0v) is 26.0. The first-order valence-corrected chi connectivity index (χ1v) is 20.4. The third-order valence-electron chi connectivity index (χ3n) is 8.05. The summed E-state index contributed by atoms with van der Waals surface area (Å²) in [6.07, 6.45) is 2.28. The van der Waals surface area contributed by atoms with Crippen LogP contribution < -0.4 is 0 Å². The number of hydrogen-bond acceptors (Lipinski definition) is 4. The summed E-state index contributed by atoms with van der Waals surface area (Å²) >= 11 is 0. The molecule has 0 bridgehead atoms. The number of rotatable bonds is 6. The number of carbonyl (C=O) groups is 1. The first kappa shape index (κ1) is 29.0.